The zero-order valence-electron chi connectivity index (χ0n) is 9.38. The SMILES string of the molecule is Cc1nc(CNC2CCSCC2)sc1C. The zero-order valence-corrected chi connectivity index (χ0v) is 11.0. The van der Waals surface area contributed by atoms with Crippen LogP contribution in [0.2, 0.25) is 0 Å². The van der Waals surface area contributed by atoms with Crippen LogP contribution >= 0.6 is 23.1 Å². The van der Waals surface area contributed by atoms with Crippen molar-refractivity contribution in [1.82, 2.24) is 10.3 Å². The second kappa shape index (κ2) is 5.32. The topological polar surface area (TPSA) is 24.9 Å². The van der Waals surface area contributed by atoms with Crippen molar-refractivity contribution in [2.45, 2.75) is 39.3 Å². The Hall–Kier alpha value is -0.0600. The quantitative estimate of drug-likeness (QED) is 0.882. The van der Waals surface area contributed by atoms with Crippen LogP contribution in [0, 0.1) is 13.8 Å². The number of nitrogens with zero attached hydrogens (tertiary/aromatic N) is 1. The number of thiazole rings is 1. The van der Waals surface area contributed by atoms with E-state index in [1.165, 1.54) is 39.9 Å². The van der Waals surface area contributed by atoms with Gasteiger partial charge < -0.3 is 5.32 Å². The largest absolute Gasteiger partial charge is 0.308 e. The van der Waals surface area contributed by atoms with Crippen molar-refractivity contribution in [3.63, 3.8) is 0 Å². The smallest absolute Gasteiger partial charge is 0.107 e. The number of thioether (sulfide) groups is 1. The molecule has 0 spiro atoms. The standard InChI is InChI=1S/C11H18N2S2/c1-8-9(2)15-11(13-8)7-12-10-3-5-14-6-4-10/h10,12H,3-7H2,1-2H3. The second-order valence-electron chi connectivity index (χ2n) is 4.02. The van der Waals surface area contributed by atoms with E-state index in [9.17, 15) is 0 Å². The van der Waals surface area contributed by atoms with Crippen molar-refractivity contribution >= 4 is 23.1 Å². The summed E-state index contributed by atoms with van der Waals surface area (Å²) in [5.74, 6) is 2.63. The van der Waals surface area contributed by atoms with Crippen LogP contribution in [0.4, 0.5) is 0 Å². The minimum atomic E-state index is 0.718. The molecule has 0 amide bonds. The van der Waals surface area contributed by atoms with Gasteiger partial charge >= 0.3 is 0 Å². The van der Waals surface area contributed by atoms with Gasteiger partial charge in [-0.05, 0) is 38.2 Å². The van der Waals surface area contributed by atoms with E-state index in [4.69, 9.17) is 0 Å². The molecule has 0 radical (unpaired) electrons. The molecule has 0 aromatic carbocycles. The first-order chi connectivity index (χ1) is 7.25. The number of nitrogens with one attached hydrogen (secondary N) is 1. The molecule has 2 heterocycles. The summed E-state index contributed by atoms with van der Waals surface area (Å²) >= 11 is 3.90. The molecule has 0 saturated carbocycles. The van der Waals surface area contributed by atoms with Crippen LogP contribution in [0.3, 0.4) is 0 Å². The molecule has 1 aliphatic heterocycles. The molecular formula is C11H18N2S2. The number of hydrogen-bond acceptors (Lipinski definition) is 4. The van der Waals surface area contributed by atoms with Gasteiger partial charge in [-0.1, -0.05) is 0 Å². The van der Waals surface area contributed by atoms with Gasteiger partial charge in [-0.2, -0.15) is 11.8 Å². The molecule has 4 heteroatoms. The van der Waals surface area contributed by atoms with Gasteiger partial charge in [0.1, 0.15) is 5.01 Å². The lowest BCUT2D eigenvalue weighted by Crippen LogP contribution is -2.31. The van der Waals surface area contributed by atoms with Gasteiger partial charge in [0.15, 0.2) is 0 Å². The van der Waals surface area contributed by atoms with Gasteiger partial charge in [-0.15, -0.1) is 11.3 Å². The van der Waals surface area contributed by atoms with E-state index in [1.54, 1.807) is 0 Å². The highest BCUT2D eigenvalue weighted by atomic mass is 32.2. The highest BCUT2D eigenvalue weighted by molar-refractivity contribution is 7.99. The Morgan fingerprint density at radius 2 is 2.07 bits per heavy atom. The lowest BCUT2D eigenvalue weighted by Gasteiger charge is -2.21. The molecule has 1 N–H and O–H groups in total. The number of hydrogen-bond donors (Lipinski definition) is 1. The minimum absolute atomic E-state index is 0.718. The van der Waals surface area contributed by atoms with Gasteiger partial charge in [0.25, 0.3) is 0 Å². The summed E-state index contributed by atoms with van der Waals surface area (Å²) in [5, 5.41) is 4.85. The maximum Gasteiger partial charge on any atom is 0.107 e. The second-order valence-corrected chi connectivity index (χ2v) is 6.53. The van der Waals surface area contributed by atoms with E-state index >= 15 is 0 Å². The third-order valence-corrected chi connectivity index (χ3v) is 4.96. The molecular weight excluding hydrogens is 224 g/mol. The van der Waals surface area contributed by atoms with E-state index in [2.05, 4.69) is 35.9 Å². The molecule has 84 valence electrons. The van der Waals surface area contributed by atoms with Crippen molar-refractivity contribution in [2.24, 2.45) is 0 Å². The van der Waals surface area contributed by atoms with E-state index in [0.717, 1.165) is 12.6 Å². The molecule has 0 aliphatic carbocycles. The molecule has 1 aliphatic rings. The van der Waals surface area contributed by atoms with Gasteiger partial charge in [-0.3, -0.25) is 0 Å². The molecule has 1 aromatic heterocycles. The normalized spacial score (nSPS) is 18.3. The Bertz CT molecular complexity index is 297. The third kappa shape index (κ3) is 3.20. The summed E-state index contributed by atoms with van der Waals surface area (Å²) < 4.78 is 0. The monoisotopic (exact) mass is 242 g/mol. The van der Waals surface area contributed by atoms with E-state index < -0.39 is 0 Å². The molecule has 0 atom stereocenters. The summed E-state index contributed by atoms with van der Waals surface area (Å²) in [5.41, 5.74) is 1.19. The summed E-state index contributed by atoms with van der Waals surface area (Å²) in [6.07, 6.45) is 2.63. The van der Waals surface area contributed by atoms with Crippen molar-refractivity contribution < 1.29 is 0 Å². The lowest BCUT2D eigenvalue weighted by molar-refractivity contribution is 0.481. The molecule has 0 bridgehead atoms. The van der Waals surface area contributed by atoms with E-state index in [0.29, 0.717) is 0 Å². The van der Waals surface area contributed by atoms with Crippen molar-refractivity contribution in [3.05, 3.63) is 15.6 Å². The summed E-state index contributed by atoms with van der Waals surface area (Å²) in [6, 6.07) is 0.718. The first kappa shape index (κ1) is 11.4. The lowest BCUT2D eigenvalue weighted by atomic mass is 10.1. The van der Waals surface area contributed by atoms with Crippen LogP contribution in [0.25, 0.3) is 0 Å². The summed E-state index contributed by atoms with van der Waals surface area (Å²) in [6.45, 7) is 5.19. The first-order valence-electron chi connectivity index (χ1n) is 5.50. The Morgan fingerprint density at radius 3 is 2.67 bits per heavy atom. The molecule has 1 aromatic rings. The van der Waals surface area contributed by atoms with Crippen LogP contribution in [0.1, 0.15) is 28.4 Å². The Kier molecular flexibility index (Phi) is 4.05. The van der Waals surface area contributed by atoms with E-state index in [1.807, 2.05) is 11.3 Å². The average Bonchev–Trinajstić information content (AvgIpc) is 2.57. The van der Waals surface area contributed by atoms with Gasteiger partial charge in [0, 0.05) is 17.5 Å². The zero-order chi connectivity index (χ0) is 10.7. The van der Waals surface area contributed by atoms with Crippen LogP contribution in [0.5, 0.6) is 0 Å². The number of aromatic nitrogens is 1. The minimum Gasteiger partial charge on any atom is -0.308 e. The van der Waals surface area contributed by atoms with Gasteiger partial charge in [0.05, 0.1) is 5.69 Å². The van der Waals surface area contributed by atoms with Gasteiger partial charge in [-0.25, -0.2) is 4.98 Å². The van der Waals surface area contributed by atoms with Crippen LogP contribution in [-0.2, 0) is 6.54 Å². The Balaban J connectivity index is 1.81. The van der Waals surface area contributed by atoms with Crippen LogP contribution < -0.4 is 5.32 Å². The highest BCUT2D eigenvalue weighted by Crippen LogP contribution is 2.19. The predicted molar refractivity (Wildman–Crippen MR) is 68.8 cm³/mol. The Labute approximate surface area is 99.9 Å². The fourth-order valence-electron chi connectivity index (χ4n) is 1.75. The predicted octanol–water partition coefficient (Wildman–Crippen LogP) is 2.75. The molecule has 2 rings (SSSR count). The van der Waals surface area contributed by atoms with Crippen molar-refractivity contribution in [1.29, 1.82) is 0 Å². The molecule has 1 fully saturated rings. The maximum atomic E-state index is 4.55. The number of aryl methyl sites for hydroxylation is 2. The van der Waals surface area contributed by atoms with E-state index in [-0.39, 0.29) is 0 Å². The summed E-state index contributed by atoms with van der Waals surface area (Å²) in [7, 11) is 0. The average molecular weight is 242 g/mol. The molecule has 15 heavy (non-hydrogen) atoms. The Morgan fingerprint density at radius 1 is 1.33 bits per heavy atom. The van der Waals surface area contributed by atoms with Crippen LogP contribution in [0.15, 0.2) is 0 Å². The van der Waals surface area contributed by atoms with Crippen molar-refractivity contribution in [2.75, 3.05) is 11.5 Å². The number of rotatable bonds is 3. The fraction of sp³-hybridized carbons (Fsp3) is 0.727. The third-order valence-electron chi connectivity index (χ3n) is 2.84. The van der Waals surface area contributed by atoms with Crippen LogP contribution in [-0.4, -0.2) is 22.5 Å². The highest BCUT2D eigenvalue weighted by Gasteiger charge is 2.13. The summed E-state index contributed by atoms with van der Waals surface area (Å²) in [4.78, 5) is 5.90. The van der Waals surface area contributed by atoms with Crippen molar-refractivity contribution in [3.8, 4) is 0 Å². The first-order valence-corrected chi connectivity index (χ1v) is 7.47. The van der Waals surface area contributed by atoms with Gasteiger partial charge in [0.2, 0.25) is 0 Å². The fourth-order valence-corrected chi connectivity index (χ4v) is 3.74. The maximum absolute atomic E-state index is 4.55. The molecule has 1 saturated heterocycles. The molecule has 0 unspecified atom stereocenters. The molecule has 2 nitrogen and oxygen atoms in total.